The van der Waals surface area contributed by atoms with Crippen LogP contribution >= 0.6 is 0 Å². The zero-order valence-electron chi connectivity index (χ0n) is 14.7. The minimum Gasteiger partial charge on any atom is -0.493 e. The third-order valence-electron chi connectivity index (χ3n) is 4.09. The van der Waals surface area contributed by atoms with E-state index in [0.717, 1.165) is 11.1 Å². The lowest BCUT2D eigenvalue weighted by atomic mass is 9.91. The molecule has 0 atom stereocenters. The summed E-state index contributed by atoms with van der Waals surface area (Å²) >= 11 is 0. The molecule has 0 aliphatic heterocycles. The highest BCUT2D eigenvalue weighted by molar-refractivity contribution is 5.85. The standard InChI is InChI=1S/C22H20O4/c1-24-18-14-9-15-19(25-2)21(18)26-22(23)20(16-10-5-3-6-11-16)17-12-7-4-8-13-17/h3-15,20H,1-2H3. The molecule has 3 aromatic rings. The largest absolute Gasteiger partial charge is 0.493 e. The molecule has 0 spiro atoms. The first-order valence-corrected chi connectivity index (χ1v) is 8.27. The second-order valence-corrected chi connectivity index (χ2v) is 5.67. The van der Waals surface area contributed by atoms with E-state index in [0.29, 0.717) is 11.5 Å². The summed E-state index contributed by atoms with van der Waals surface area (Å²) in [5.74, 6) is 0.215. The predicted molar refractivity (Wildman–Crippen MR) is 99.9 cm³/mol. The summed E-state index contributed by atoms with van der Waals surface area (Å²) in [7, 11) is 3.05. The van der Waals surface area contributed by atoms with Crippen LogP contribution in [0.15, 0.2) is 78.9 Å². The molecule has 3 rings (SSSR count). The minimum absolute atomic E-state index is 0.277. The first-order valence-electron chi connectivity index (χ1n) is 8.27. The number of carbonyl (C=O) groups is 1. The van der Waals surface area contributed by atoms with Crippen LogP contribution in [-0.2, 0) is 4.79 Å². The number of benzene rings is 3. The van der Waals surface area contributed by atoms with Gasteiger partial charge in [-0.25, -0.2) is 0 Å². The highest BCUT2D eigenvalue weighted by atomic mass is 16.6. The third-order valence-corrected chi connectivity index (χ3v) is 4.09. The van der Waals surface area contributed by atoms with E-state index in [2.05, 4.69) is 0 Å². The van der Waals surface area contributed by atoms with Crippen LogP contribution in [0.1, 0.15) is 17.0 Å². The van der Waals surface area contributed by atoms with Gasteiger partial charge in [0.1, 0.15) is 5.92 Å². The molecular formula is C22H20O4. The quantitative estimate of drug-likeness (QED) is 0.488. The Bertz CT molecular complexity index is 798. The molecule has 0 aliphatic carbocycles. The van der Waals surface area contributed by atoms with Gasteiger partial charge < -0.3 is 14.2 Å². The Labute approximate surface area is 153 Å². The molecule has 3 aromatic carbocycles. The molecule has 0 fully saturated rings. The normalized spacial score (nSPS) is 10.4. The fourth-order valence-electron chi connectivity index (χ4n) is 2.83. The number of rotatable bonds is 6. The van der Waals surface area contributed by atoms with Gasteiger partial charge in [0.2, 0.25) is 5.75 Å². The molecule has 26 heavy (non-hydrogen) atoms. The lowest BCUT2D eigenvalue weighted by molar-refractivity contribution is -0.135. The van der Waals surface area contributed by atoms with E-state index in [9.17, 15) is 4.79 Å². The SMILES string of the molecule is COc1cccc(OC)c1OC(=O)C(c1ccccc1)c1ccccc1. The number of esters is 1. The van der Waals surface area contributed by atoms with Gasteiger partial charge in [-0.15, -0.1) is 0 Å². The van der Waals surface area contributed by atoms with E-state index >= 15 is 0 Å². The minimum atomic E-state index is -0.549. The summed E-state index contributed by atoms with van der Waals surface area (Å²) in [4.78, 5) is 13.1. The predicted octanol–water partition coefficient (Wildman–Crippen LogP) is 4.44. The molecule has 0 aromatic heterocycles. The summed E-state index contributed by atoms with van der Waals surface area (Å²) in [6.07, 6.45) is 0. The van der Waals surface area contributed by atoms with Gasteiger partial charge in [0.15, 0.2) is 11.5 Å². The van der Waals surface area contributed by atoms with Crippen molar-refractivity contribution in [2.24, 2.45) is 0 Å². The van der Waals surface area contributed by atoms with Crippen LogP contribution in [0.3, 0.4) is 0 Å². The van der Waals surface area contributed by atoms with Crippen molar-refractivity contribution in [3.8, 4) is 17.2 Å². The van der Waals surface area contributed by atoms with Gasteiger partial charge in [-0.3, -0.25) is 4.79 Å². The molecule has 4 nitrogen and oxygen atoms in total. The van der Waals surface area contributed by atoms with Crippen molar-refractivity contribution in [1.82, 2.24) is 0 Å². The second kappa shape index (κ2) is 8.21. The highest BCUT2D eigenvalue weighted by Crippen LogP contribution is 2.38. The van der Waals surface area contributed by atoms with Gasteiger partial charge in [0, 0.05) is 0 Å². The second-order valence-electron chi connectivity index (χ2n) is 5.67. The summed E-state index contributed by atoms with van der Waals surface area (Å²) in [5, 5.41) is 0. The average molecular weight is 348 g/mol. The van der Waals surface area contributed by atoms with E-state index in [1.165, 1.54) is 14.2 Å². The molecule has 0 unspecified atom stereocenters. The van der Waals surface area contributed by atoms with Crippen LogP contribution in [0.2, 0.25) is 0 Å². The zero-order valence-corrected chi connectivity index (χ0v) is 14.7. The molecule has 0 saturated carbocycles. The summed E-state index contributed by atoms with van der Waals surface area (Å²) in [5.41, 5.74) is 1.72. The maximum atomic E-state index is 13.1. The molecule has 0 N–H and O–H groups in total. The Balaban J connectivity index is 2.00. The van der Waals surface area contributed by atoms with E-state index in [1.807, 2.05) is 60.7 Å². The monoisotopic (exact) mass is 348 g/mol. The zero-order chi connectivity index (χ0) is 18.4. The van der Waals surface area contributed by atoms with Crippen molar-refractivity contribution in [3.63, 3.8) is 0 Å². The fraction of sp³-hybridized carbons (Fsp3) is 0.136. The van der Waals surface area contributed by atoms with Crippen molar-refractivity contribution >= 4 is 5.97 Å². The Morgan fingerprint density at radius 2 is 1.15 bits per heavy atom. The number of carbonyl (C=O) groups excluding carboxylic acids is 1. The van der Waals surface area contributed by atoms with Gasteiger partial charge in [-0.1, -0.05) is 66.7 Å². The van der Waals surface area contributed by atoms with Gasteiger partial charge >= 0.3 is 5.97 Å². The smallest absolute Gasteiger partial charge is 0.323 e. The number of hydrogen-bond acceptors (Lipinski definition) is 4. The van der Waals surface area contributed by atoms with Gasteiger partial charge in [-0.2, -0.15) is 0 Å². The van der Waals surface area contributed by atoms with Crippen LogP contribution < -0.4 is 14.2 Å². The molecule has 4 heteroatoms. The van der Waals surface area contributed by atoms with Crippen LogP contribution in [-0.4, -0.2) is 20.2 Å². The molecule has 0 bridgehead atoms. The van der Waals surface area contributed by atoms with Crippen molar-refractivity contribution < 1.29 is 19.0 Å². The van der Waals surface area contributed by atoms with Crippen LogP contribution in [0.25, 0.3) is 0 Å². The summed E-state index contributed by atoms with van der Waals surface area (Å²) < 4.78 is 16.4. The van der Waals surface area contributed by atoms with Crippen molar-refractivity contribution in [2.75, 3.05) is 14.2 Å². The van der Waals surface area contributed by atoms with E-state index < -0.39 is 11.9 Å². The Hall–Kier alpha value is -3.27. The average Bonchev–Trinajstić information content (AvgIpc) is 2.70. The summed E-state index contributed by atoms with van der Waals surface area (Å²) in [6.45, 7) is 0. The van der Waals surface area contributed by atoms with Gasteiger partial charge in [-0.05, 0) is 23.3 Å². The Morgan fingerprint density at radius 1 is 0.692 bits per heavy atom. The topological polar surface area (TPSA) is 44.8 Å². The maximum absolute atomic E-state index is 13.1. The number of hydrogen-bond donors (Lipinski definition) is 0. The summed E-state index contributed by atoms with van der Waals surface area (Å²) in [6, 6.07) is 24.3. The number of para-hydroxylation sites is 1. The maximum Gasteiger partial charge on any atom is 0.323 e. The molecular weight excluding hydrogens is 328 g/mol. The molecule has 0 heterocycles. The van der Waals surface area contributed by atoms with Crippen molar-refractivity contribution in [2.45, 2.75) is 5.92 Å². The molecule has 0 radical (unpaired) electrons. The molecule has 0 aliphatic rings. The van der Waals surface area contributed by atoms with Crippen LogP contribution in [0.4, 0.5) is 0 Å². The first kappa shape index (κ1) is 17.5. The Morgan fingerprint density at radius 3 is 1.58 bits per heavy atom. The van der Waals surface area contributed by atoms with E-state index in [-0.39, 0.29) is 5.75 Å². The molecule has 0 saturated heterocycles. The Kier molecular flexibility index (Phi) is 5.54. The highest BCUT2D eigenvalue weighted by Gasteiger charge is 2.27. The van der Waals surface area contributed by atoms with Crippen molar-refractivity contribution in [3.05, 3.63) is 90.0 Å². The van der Waals surface area contributed by atoms with Gasteiger partial charge in [0.05, 0.1) is 14.2 Å². The lowest BCUT2D eigenvalue weighted by Crippen LogP contribution is -2.20. The number of ether oxygens (including phenoxy) is 3. The molecule has 0 amide bonds. The van der Waals surface area contributed by atoms with Gasteiger partial charge in [0.25, 0.3) is 0 Å². The fourth-order valence-corrected chi connectivity index (χ4v) is 2.83. The van der Waals surface area contributed by atoms with Crippen LogP contribution in [0.5, 0.6) is 17.2 Å². The van der Waals surface area contributed by atoms with E-state index in [4.69, 9.17) is 14.2 Å². The first-order chi connectivity index (χ1) is 12.7. The van der Waals surface area contributed by atoms with Crippen molar-refractivity contribution in [1.29, 1.82) is 0 Å². The lowest BCUT2D eigenvalue weighted by Gasteiger charge is -2.19. The van der Waals surface area contributed by atoms with Crippen LogP contribution in [0, 0.1) is 0 Å². The van der Waals surface area contributed by atoms with E-state index in [1.54, 1.807) is 18.2 Å². The third kappa shape index (κ3) is 3.70. The molecule has 132 valence electrons. The number of methoxy groups -OCH3 is 2.